The van der Waals surface area contributed by atoms with E-state index in [0.717, 1.165) is 42.5 Å². The minimum absolute atomic E-state index is 0.202. The van der Waals surface area contributed by atoms with Crippen LogP contribution in [-0.2, 0) is 11.2 Å². The van der Waals surface area contributed by atoms with Gasteiger partial charge in [0.1, 0.15) is 0 Å². The Labute approximate surface area is 142 Å². The first-order valence-corrected chi connectivity index (χ1v) is 8.34. The Morgan fingerprint density at radius 3 is 2.30 bits per heavy atom. The number of nitrogens with zero attached hydrogens (tertiary/aromatic N) is 2. The zero-order valence-electron chi connectivity index (χ0n) is 13.3. The Hall–Kier alpha value is -2.00. The molecule has 23 heavy (non-hydrogen) atoms. The molecule has 0 unspecified atom stereocenters. The average Bonchev–Trinajstić information content (AvgIpc) is 2.57. The van der Waals surface area contributed by atoms with Gasteiger partial charge in [-0.15, -0.1) is 0 Å². The van der Waals surface area contributed by atoms with E-state index in [0.29, 0.717) is 6.42 Å². The summed E-state index contributed by atoms with van der Waals surface area (Å²) in [7, 11) is 0. The molecule has 0 radical (unpaired) electrons. The Morgan fingerprint density at radius 1 is 1.00 bits per heavy atom. The van der Waals surface area contributed by atoms with E-state index in [1.54, 1.807) is 0 Å². The summed E-state index contributed by atoms with van der Waals surface area (Å²) in [6, 6.07) is 16.1. The van der Waals surface area contributed by atoms with Crippen molar-refractivity contribution in [2.45, 2.75) is 13.3 Å². The standard InChI is InChI=1S/C19H21ClN2O/c1-15-6-8-16(9-7-15)14-19(23)22-12-10-21(11-13-22)18-5-3-2-4-17(18)20/h2-9H,10-14H2,1H3. The number of para-hydroxylation sites is 1. The molecule has 0 spiro atoms. The lowest BCUT2D eigenvalue weighted by molar-refractivity contribution is -0.130. The quantitative estimate of drug-likeness (QED) is 0.860. The Kier molecular flexibility index (Phi) is 4.87. The highest BCUT2D eigenvalue weighted by atomic mass is 35.5. The van der Waals surface area contributed by atoms with Gasteiger partial charge in [0.05, 0.1) is 17.1 Å². The van der Waals surface area contributed by atoms with Gasteiger partial charge < -0.3 is 9.80 Å². The predicted molar refractivity (Wildman–Crippen MR) is 95.1 cm³/mol. The van der Waals surface area contributed by atoms with Crippen LogP contribution in [0.4, 0.5) is 5.69 Å². The maximum absolute atomic E-state index is 12.4. The van der Waals surface area contributed by atoms with Gasteiger partial charge in [0.2, 0.25) is 5.91 Å². The second kappa shape index (κ2) is 7.05. The molecule has 1 heterocycles. The third kappa shape index (κ3) is 3.85. The van der Waals surface area contributed by atoms with Crippen LogP contribution in [0, 0.1) is 6.92 Å². The fourth-order valence-electron chi connectivity index (χ4n) is 2.90. The van der Waals surface area contributed by atoms with Gasteiger partial charge in [0.25, 0.3) is 0 Å². The molecule has 0 N–H and O–H groups in total. The molecule has 0 aromatic heterocycles. The normalized spacial score (nSPS) is 14.9. The average molecular weight is 329 g/mol. The van der Waals surface area contributed by atoms with E-state index >= 15 is 0 Å². The molecule has 4 heteroatoms. The summed E-state index contributed by atoms with van der Waals surface area (Å²) in [6.07, 6.45) is 0.479. The zero-order chi connectivity index (χ0) is 16.2. The molecule has 0 bridgehead atoms. The molecule has 0 atom stereocenters. The molecule has 0 saturated carbocycles. The molecule has 120 valence electrons. The van der Waals surface area contributed by atoms with E-state index in [1.807, 2.05) is 41.3 Å². The van der Waals surface area contributed by atoms with E-state index in [-0.39, 0.29) is 5.91 Å². The molecule has 3 nitrogen and oxygen atoms in total. The Bertz CT molecular complexity index is 676. The van der Waals surface area contributed by atoms with E-state index < -0.39 is 0 Å². The van der Waals surface area contributed by atoms with Crippen molar-refractivity contribution in [2.24, 2.45) is 0 Å². The minimum Gasteiger partial charge on any atom is -0.367 e. The van der Waals surface area contributed by atoms with Crippen molar-refractivity contribution in [1.29, 1.82) is 0 Å². The van der Waals surface area contributed by atoms with Gasteiger partial charge in [-0.05, 0) is 24.6 Å². The molecule has 1 saturated heterocycles. The minimum atomic E-state index is 0.202. The summed E-state index contributed by atoms with van der Waals surface area (Å²) in [5.41, 5.74) is 3.35. The van der Waals surface area contributed by atoms with Crippen molar-refractivity contribution >= 4 is 23.2 Å². The van der Waals surface area contributed by atoms with E-state index in [9.17, 15) is 4.79 Å². The number of aryl methyl sites for hydroxylation is 1. The highest BCUT2D eigenvalue weighted by molar-refractivity contribution is 6.33. The second-order valence-electron chi connectivity index (χ2n) is 5.98. The number of piperazine rings is 1. The van der Waals surface area contributed by atoms with Gasteiger partial charge in [0.15, 0.2) is 0 Å². The largest absolute Gasteiger partial charge is 0.367 e. The molecule has 1 aliphatic heterocycles. The monoisotopic (exact) mass is 328 g/mol. The van der Waals surface area contributed by atoms with Gasteiger partial charge in [-0.1, -0.05) is 53.6 Å². The lowest BCUT2D eigenvalue weighted by atomic mass is 10.1. The van der Waals surface area contributed by atoms with Crippen molar-refractivity contribution in [2.75, 3.05) is 31.1 Å². The molecule has 2 aromatic rings. The molecule has 1 aliphatic rings. The lowest BCUT2D eigenvalue weighted by Crippen LogP contribution is -2.49. The van der Waals surface area contributed by atoms with Crippen LogP contribution in [0.15, 0.2) is 48.5 Å². The maximum atomic E-state index is 12.4. The van der Waals surface area contributed by atoms with Crippen LogP contribution in [0.3, 0.4) is 0 Å². The molecule has 0 aliphatic carbocycles. The third-order valence-corrected chi connectivity index (χ3v) is 4.62. The van der Waals surface area contributed by atoms with Crippen LogP contribution in [0.5, 0.6) is 0 Å². The number of halogens is 1. The van der Waals surface area contributed by atoms with Crippen LogP contribution >= 0.6 is 11.6 Å². The second-order valence-corrected chi connectivity index (χ2v) is 6.39. The Morgan fingerprint density at radius 2 is 1.65 bits per heavy atom. The van der Waals surface area contributed by atoms with Gasteiger partial charge in [-0.3, -0.25) is 4.79 Å². The van der Waals surface area contributed by atoms with Crippen LogP contribution in [0.1, 0.15) is 11.1 Å². The molecule has 2 aromatic carbocycles. The summed E-state index contributed by atoms with van der Waals surface area (Å²) >= 11 is 6.25. The molecular weight excluding hydrogens is 308 g/mol. The van der Waals surface area contributed by atoms with Gasteiger partial charge in [-0.2, -0.15) is 0 Å². The number of benzene rings is 2. The van der Waals surface area contributed by atoms with Crippen molar-refractivity contribution in [3.05, 3.63) is 64.7 Å². The van der Waals surface area contributed by atoms with Gasteiger partial charge >= 0.3 is 0 Å². The number of amides is 1. The number of hydrogen-bond acceptors (Lipinski definition) is 2. The van der Waals surface area contributed by atoms with Crippen LogP contribution in [0.25, 0.3) is 0 Å². The first-order chi connectivity index (χ1) is 11.1. The summed E-state index contributed by atoms with van der Waals surface area (Å²) in [4.78, 5) is 16.6. The van der Waals surface area contributed by atoms with Crippen molar-refractivity contribution < 1.29 is 4.79 Å². The highest BCUT2D eigenvalue weighted by Crippen LogP contribution is 2.26. The third-order valence-electron chi connectivity index (χ3n) is 4.30. The van der Waals surface area contributed by atoms with Crippen molar-refractivity contribution in [3.63, 3.8) is 0 Å². The predicted octanol–water partition coefficient (Wildman–Crippen LogP) is 3.54. The smallest absolute Gasteiger partial charge is 0.227 e. The molecule has 1 amide bonds. The number of anilines is 1. The number of carbonyl (C=O) groups is 1. The number of rotatable bonds is 3. The summed E-state index contributed by atoms with van der Waals surface area (Å²) in [5.74, 6) is 0.202. The first-order valence-electron chi connectivity index (χ1n) is 7.96. The summed E-state index contributed by atoms with van der Waals surface area (Å²) in [5, 5.41) is 0.770. The zero-order valence-corrected chi connectivity index (χ0v) is 14.1. The van der Waals surface area contributed by atoms with Crippen LogP contribution in [0.2, 0.25) is 5.02 Å². The van der Waals surface area contributed by atoms with Crippen LogP contribution in [-0.4, -0.2) is 37.0 Å². The van der Waals surface area contributed by atoms with Crippen molar-refractivity contribution in [3.8, 4) is 0 Å². The lowest BCUT2D eigenvalue weighted by Gasteiger charge is -2.36. The van der Waals surface area contributed by atoms with Crippen LogP contribution < -0.4 is 4.90 Å². The first kappa shape index (κ1) is 15.9. The number of carbonyl (C=O) groups excluding carboxylic acids is 1. The maximum Gasteiger partial charge on any atom is 0.227 e. The van der Waals surface area contributed by atoms with Gasteiger partial charge in [-0.25, -0.2) is 0 Å². The molecular formula is C19H21ClN2O. The van der Waals surface area contributed by atoms with Crippen molar-refractivity contribution in [1.82, 2.24) is 4.90 Å². The molecule has 3 rings (SSSR count). The fourth-order valence-corrected chi connectivity index (χ4v) is 3.15. The summed E-state index contributed by atoms with van der Waals surface area (Å²) in [6.45, 7) is 5.19. The number of hydrogen-bond donors (Lipinski definition) is 0. The fraction of sp³-hybridized carbons (Fsp3) is 0.316. The van der Waals surface area contributed by atoms with E-state index in [2.05, 4.69) is 24.0 Å². The topological polar surface area (TPSA) is 23.6 Å². The van der Waals surface area contributed by atoms with E-state index in [1.165, 1.54) is 5.56 Å². The van der Waals surface area contributed by atoms with E-state index in [4.69, 9.17) is 11.6 Å². The molecule has 1 fully saturated rings. The highest BCUT2D eigenvalue weighted by Gasteiger charge is 2.22. The summed E-state index contributed by atoms with van der Waals surface area (Å²) < 4.78 is 0. The Balaban J connectivity index is 1.57. The van der Waals surface area contributed by atoms with Gasteiger partial charge in [0, 0.05) is 26.2 Å². The SMILES string of the molecule is Cc1ccc(CC(=O)N2CCN(c3ccccc3Cl)CC2)cc1.